The van der Waals surface area contributed by atoms with Gasteiger partial charge in [0.1, 0.15) is 5.75 Å². The minimum Gasteiger partial charge on any atom is -0.497 e. The van der Waals surface area contributed by atoms with Crippen molar-refractivity contribution in [2.24, 2.45) is 0 Å². The maximum atomic E-state index is 12.7. The van der Waals surface area contributed by atoms with Crippen LogP contribution in [0.15, 0.2) is 23.1 Å². The predicted molar refractivity (Wildman–Crippen MR) is 84.1 cm³/mol. The molecule has 1 aromatic carbocycles. The molecule has 0 bridgehead atoms. The Morgan fingerprint density at radius 2 is 2.00 bits per heavy atom. The molecule has 8 heteroatoms. The van der Waals surface area contributed by atoms with Crippen LogP contribution in [0.2, 0.25) is 0 Å². The van der Waals surface area contributed by atoms with Crippen LogP contribution in [-0.2, 0) is 27.2 Å². The number of halogens is 1. The lowest BCUT2D eigenvalue weighted by molar-refractivity contribution is 0.413. The average Bonchev–Trinajstić information content (AvgIpc) is 2.47. The van der Waals surface area contributed by atoms with Gasteiger partial charge in [-0.15, -0.1) is 11.6 Å². The van der Waals surface area contributed by atoms with Crippen molar-refractivity contribution in [2.45, 2.75) is 11.3 Å². The molecule has 1 fully saturated rings. The van der Waals surface area contributed by atoms with E-state index in [4.69, 9.17) is 16.3 Å². The normalized spacial score (nSPS) is 17.8. The second kappa shape index (κ2) is 7.09. The summed E-state index contributed by atoms with van der Waals surface area (Å²) in [5.74, 6) is 1.72. The van der Waals surface area contributed by atoms with Crippen LogP contribution in [0.5, 0.6) is 5.75 Å². The molecule has 5 nitrogen and oxygen atoms in total. The summed E-state index contributed by atoms with van der Waals surface area (Å²) in [4.78, 5) is 0.261. The Morgan fingerprint density at radius 3 is 2.57 bits per heavy atom. The minimum absolute atomic E-state index is 0.261. The SMILES string of the molecule is COc1ccc(S(=O)(=O)N2CCS(=O)CC2)c(CCCl)c1. The lowest BCUT2D eigenvalue weighted by atomic mass is 10.1. The smallest absolute Gasteiger partial charge is 0.243 e. The van der Waals surface area contributed by atoms with Gasteiger partial charge in [0.15, 0.2) is 0 Å². The number of benzene rings is 1. The average molecular weight is 352 g/mol. The summed E-state index contributed by atoms with van der Waals surface area (Å²) < 4.78 is 43.4. The van der Waals surface area contributed by atoms with Gasteiger partial charge in [0.25, 0.3) is 0 Å². The highest BCUT2D eigenvalue weighted by Crippen LogP contribution is 2.26. The zero-order valence-electron chi connectivity index (χ0n) is 11.7. The van der Waals surface area contributed by atoms with E-state index >= 15 is 0 Å². The molecule has 2 rings (SSSR count). The van der Waals surface area contributed by atoms with Crippen LogP contribution in [0.25, 0.3) is 0 Å². The molecule has 0 aromatic heterocycles. The van der Waals surface area contributed by atoms with Crippen molar-refractivity contribution < 1.29 is 17.4 Å². The van der Waals surface area contributed by atoms with Crippen LogP contribution in [0.1, 0.15) is 5.56 Å². The largest absolute Gasteiger partial charge is 0.497 e. The van der Waals surface area contributed by atoms with E-state index in [1.54, 1.807) is 18.2 Å². The second-order valence-electron chi connectivity index (χ2n) is 4.66. The molecule has 1 saturated heterocycles. The van der Waals surface area contributed by atoms with Gasteiger partial charge in [-0.05, 0) is 30.2 Å². The fraction of sp³-hybridized carbons (Fsp3) is 0.538. The zero-order chi connectivity index (χ0) is 15.5. The monoisotopic (exact) mass is 351 g/mol. The highest BCUT2D eigenvalue weighted by atomic mass is 35.5. The minimum atomic E-state index is -3.58. The molecular formula is C13H18ClNO4S2. The van der Waals surface area contributed by atoms with E-state index in [2.05, 4.69) is 0 Å². The molecule has 0 atom stereocenters. The molecule has 0 radical (unpaired) electrons. The molecule has 0 aliphatic carbocycles. The molecule has 1 aromatic rings. The number of methoxy groups -OCH3 is 1. The van der Waals surface area contributed by atoms with Crippen LogP contribution in [0, 0.1) is 0 Å². The molecule has 0 spiro atoms. The molecular weight excluding hydrogens is 334 g/mol. The van der Waals surface area contributed by atoms with E-state index in [1.165, 1.54) is 11.4 Å². The van der Waals surface area contributed by atoms with Gasteiger partial charge in [0.2, 0.25) is 10.0 Å². The summed E-state index contributed by atoms with van der Waals surface area (Å²) in [5.41, 5.74) is 0.649. The van der Waals surface area contributed by atoms with E-state index in [0.29, 0.717) is 48.2 Å². The van der Waals surface area contributed by atoms with E-state index in [0.717, 1.165) is 0 Å². The summed E-state index contributed by atoms with van der Waals surface area (Å²) in [6, 6.07) is 4.89. The number of ether oxygens (including phenoxy) is 1. The van der Waals surface area contributed by atoms with Gasteiger partial charge < -0.3 is 4.74 Å². The van der Waals surface area contributed by atoms with Crippen LogP contribution >= 0.6 is 11.6 Å². The van der Waals surface area contributed by atoms with E-state index in [9.17, 15) is 12.6 Å². The number of sulfonamides is 1. The highest BCUT2D eigenvalue weighted by molar-refractivity contribution is 7.89. The third-order valence-corrected chi connectivity index (χ3v) is 6.85. The Labute approximate surface area is 132 Å². The number of hydrogen-bond donors (Lipinski definition) is 0. The topological polar surface area (TPSA) is 63.7 Å². The Balaban J connectivity index is 2.36. The summed E-state index contributed by atoms with van der Waals surface area (Å²) >= 11 is 5.77. The number of rotatable bonds is 5. The summed E-state index contributed by atoms with van der Waals surface area (Å²) in [6.45, 7) is 0.586. The number of hydrogen-bond acceptors (Lipinski definition) is 4. The van der Waals surface area contributed by atoms with Crippen LogP contribution < -0.4 is 4.74 Å². The third kappa shape index (κ3) is 3.77. The van der Waals surface area contributed by atoms with Crippen molar-refractivity contribution in [3.8, 4) is 5.75 Å². The lowest BCUT2D eigenvalue weighted by Gasteiger charge is -2.26. The van der Waals surface area contributed by atoms with Gasteiger partial charge in [-0.25, -0.2) is 8.42 Å². The third-order valence-electron chi connectivity index (χ3n) is 3.39. The maximum absolute atomic E-state index is 12.7. The standard InChI is InChI=1S/C13H18ClNO4S2/c1-19-12-2-3-13(11(10-12)4-5-14)21(17,18)15-6-8-20(16)9-7-15/h2-3,10H,4-9H2,1H3. The first-order chi connectivity index (χ1) is 9.98. The first-order valence-corrected chi connectivity index (χ1v) is 10.0. The van der Waals surface area contributed by atoms with Gasteiger partial charge in [-0.1, -0.05) is 0 Å². The summed E-state index contributed by atoms with van der Waals surface area (Å²) in [7, 11) is -2.96. The summed E-state index contributed by atoms with van der Waals surface area (Å²) in [5, 5.41) is 0. The zero-order valence-corrected chi connectivity index (χ0v) is 14.1. The van der Waals surface area contributed by atoms with Gasteiger partial charge in [-0.3, -0.25) is 4.21 Å². The van der Waals surface area contributed by atoms with Crippen LogP contribution in [-0.4, -0.2) is 54.5 Å². The van der Waals surface area contributed by atoms with Crippen molar-refractivity contribution >= 4 is 32.4 Å². The van der Waals surface area contributed by atoms with Crippen molar-refractivity contribution in [1.29, 1.82) is 0 Å². The number of nitrogens with zero attached hydrogens (tertiary/aromatic N) is 1. The molecule has 118 valence electrons. The lowest BCUT2D eigenvalue weighted by Crippen LogP contribution is -2.42. The fourth-order valence-corrected chi connectivity index (χ4v) is 5.39. The van der Waals surface area contributed by atoms with Crippen LogP contribution in [0.3, 0.4) is 0 Å². The Bertz CT molecular complexity index is 623. The van der Waals surface area contributed by atoms with Gasteiger partial charge in [-0.2, -0.15) is 4.31 Å². The van der Waals surface area contributed by atoms with E-state index < -0.39 is 20.8 Å². The Kier molecular flexibility index (Phi) is 5.65. The summed E-state index contributed by atoms with van der Waals surface area (Å²) in [6.07, 6.45) is 0.451. The molecule has 21 heavy (non-hydrogen) atoms. The second-order valence-corrected chi connectivity index (χ2v) is 8.65. The molecule has 1 aliphatic rings. The molecule has 0 N–H and O–H groups in total. The molecule has 1 aliphatic heterocycles. The number of aryl methyl sites for hydroxylation is 1. The first-order valence-electron chi connectivity index (χ1n) is 6.57. The van der Waals surface area contributed by atoms with E-state index in [1.807, 2.05) is 0 Å². The van der Waals surface area contributed by atoms with Crippen LogP contribution in [0.4, 0.5) is 0 Å². The van der Waals surface area contributed by atoms with Gasteiger partial charge >= 0.3 is 0 Å². The first kappa shape index (κ1) is 16.7. The fourth-order valence-electron chi connectivity index (χ4n) is 2.23. The van der Waals surface area contributed by atoms with Crippen molar-refractivity contribution in [1.82, 2.24) is 4.31 Å². The molecule has 0 amide bonds. The predicted octanol–water partition coefficient (Wildman–Crippen LogP) is 1.23. The van der Waals surface area contributed by atoms with E-state index in [-0.39, 0.29) is 4.90 Å². The molecule has 1 heterocycles. The van der Waals surface area contributed by atoms with Crippen molar-refractivity contribution in [3.63, 3.8) is 0 Å². The van der Waals surface area contributed by atoms with Gasteiger partial charge in [0.05, 0.1) is 12.0 Å². The molecule has 0 unspecified atom stereocenters. The Morgan fingerprint density at radius 1 is 1.33 bits per heavy atom. The molecule has 0 saturated carbocycles. The van der Waals surface area contributed by atoms with Crippen molar-refractivity contribution in [3.05, 3.63) is 23.8 Å². The van der Waals surface area contributed by atoms with Gasteiger partial charge in [0, 0.05) is 41.3 Å². The Hall–Kier alpha value is -0.630. The maximum Gasteiger partial charge on any atom is 0.243 e. The number of alkyl halides is 1. The van der Waals surface area contributed by atoms with Crippen molar-refractivity contribution in [2.75, 3.05) is 37.6 Å². The quantitative estimate of drug-likeness (QED) is 0.748. The highest BCUT2D eigenvalue weighted by Gasteiger charge is 2.29.